The van der Waals surface area contributed by atoms with E-state index >= 15 is 0 Å². The molecule has 0 unspecified atom stereocenters. The van der Waals surface area contributed by atoms with Crippen molar-refractivity contribution in [1.29, 1.82) is 0 Å². The van der Waals surface area contributed by atoms with Crippen molar-refractivity contribution in [1.82, 2.24) is 10.6 Å². The molecule has 178 valence electrons. The van der Waals surface area contributed by atoms with Crippen LogP contribution < -0.4 is 10.6 Å². The topological polar surface area (TPSA) is 120 Å². The van der Waals surface area contributed by atoms with Gasteiger partial charge in [-0.2, -0.15) is 0 Å². The number of rotatable bonds is 13. The van der Waals surface area contributed by atoms with Crippen molar-refractivity contribution >= 4 is 17.7 Å². The Balaban J connectivity index is 2.07. The second-order valence-electron chi connectivity index (χ2n) is 7.75. The number of benzene rings is 2. The second-order valence-corrected chi connectivity index (χ2v) is 7.75. The largest absolute Gasteiger partial charge is 0.474 e. The molecule has 0 saturated heterocycles. The third kappa shape index (κ3) is 9.33. The van der Waals surface area contributed by atoms with Crippen molar-refractivity contribution in [2.24, 2.45) is 11.1 Å². The van der Waals surface area contributed by atoms with Crippen LogP contribution in [-0.4, -0.2) is 47.7 Å². The zero-order chi connectivity index (χ0) is 23.9. The van der Waals surface area contributed by atoms with Crippen LogP contribution in [0.4, 0.5) is 0 Å². The Morgan fingerprint density at radius 2 is 1.61 bits per heavy atom. The number of carbonyl (C=O) groups excluding carboxylic acids is 2. The fraction of sp³-hybridized carbons (Fsp3) is 0.400. The molecule has 2 aromatic rings. The van der Waals surface area contributed by atoms with Crippen LogP contribution in [0.15, 0.2) is 65.8 Å². The summed E-state index contributed by atoms with van der Waals surface area (Å²) < 4.78 is 5.62. The Morgan fingerprint density at radius 3 is 2.18 bits per heavy atom. The van der Waals surface area contributed by atoms with Gasteiger partial charge in [0.2, 0.25) is 17.7 Å². The predicted octanol–water partition coefficient (Wildman–Crippen LogP) is 2.63. The van der Waals surface area contributed by atoms with E-state index in [1.165, 1.54) is 7.05 Å². The molecule has 2 aromatic carbocycles. The van der Waals surface area contributed by atoms with Gasteiger partial charge in [0.25, 0.3) is 0 Å². The lowest BCUT2D eigenvalue weighted by molar-refractivity contribution is -0.131. The second kappa shape index (κ2) is 14.6. The predicted molar refractivity (Wildman–Crippen MR) is 126 cm³/mol. The first-order chi connectivity index (χ1) is 16.1. The minimum atomic E-state index is -0.745. The number of hydrogen-bond donors (Lipinski definition) is 4. The maximum Gasteiger partial charge on any atom is 0.242 e. The molecule has 0 aromatic heterocycles. The van der Waals surface area contributed by atoms with E-state index in [9.17, 15) is 14.8 Å². The summed E-state index contributed by atoms with van der Waals surface area (Å²) in [6.07, 6.45) is 2.03. The summed E-state index contributed by atoms with van der Waals surface area (Å²) in [4.78, 5) is 25.6. The minimum absolute atomic E-state index is 0.0225. The molecule has 4 N–H and O–H groups in total. The van der Waals surface area contributed by atoms with E-state index in [0.29, 0.717) is 25.7 Å². The number of nitrogens with one attached hydrogen (secondary N) is 2. The molecule has 0 aliphatic carbocycles. The normalized spacial score (nSPS) is 13.1. The lowest BCUT2D eigenvalue weighted by Crippen LogP contribution is -2.49. The first kappa shape index (κ1) is 25.9. The van der Waals surface area contributed by atoms with Crippen LogP contribution >= 0.6 is 0 Å². The van der Waals surface area contributed by atoms with Gasteiger partial charge in [0, 0.05) is 32.4 Å². The molecular weight excluding hydrogens is 422 g/mol. The average Bonchev–Trinajstić information content (AvgIpc) is 2.85. The van der Waals surface area contributed by atoms with Gasteiger partial charge >= 0.3 is 0 Å². The van der Waals surface area contributed by atoms with Crippen molar-refractivity contribution in [2.75, 3.05) is 13.7 Å². The molecule has 0 heterocycles. The maximum absolute atomic E-state index is 13.1. The minimum Gasteiger partial charge on any atom is -0.474 e. The molecule has 2 atom stereocenters. The molecule has 0 bridgehead atoms. The Hall–Kier alpha value is -3.39. The Morgan fingerprint density at radius 1 is 0.970 bits per heavy atom. The molecule has 0 radical (unpaired) electrons. The smallest absolute Gasteiger partial charge is 0.242 e. The highest BCUT2D eigenvalue weighted by atomic mass is 16.5. The Labute approximate surface area is 194 Å². The number of aliphatic hydroxyl groups is 1. The van der Waals surface area contributed by atoms with E-state index in [1.54, 1.807) is 0 Å². The quantitative estimate of drug-likeness (QED) is 0.122. The number of aliphatic hydroxyl groups excluding tert-OH is 1. The molecule has 2 rings (SSSR count). The molecule has 0 aliphatic heterocycles. The number of oxime groups is 1. The fourth-order valence-corrected chi connectivity index (χ4v) is 3.43. The van der Waals surface area contributed by atoms with Crippen molar-refractivity contribution in [2.45, 2.75) is 44.8 Å². The third-order valence-electron chi connectivity index (χ3n) is 5.27. The van der Waals surface area contributed by atoms with Crippen LogP contribution in [0.2, 0.25) is 0 Å². The van der Waals surface area contributed by atoms with E-state index in [1.807, 2.05) is 60.7 Å². The highest BCUT2D eigenvalue weighted by Gasteiger charge is 2.27. The van der Waals surface area contributed by atoms with Gasteiger partial charge in [0.05, 0.1) is 0 Å². The van der Waals surface area contributed by atoms with Gasteiger partial charge in [-0.3, -0.25) is 9.59 Å². The van der Waals surface area contributed by atoms with Crippen LogP contribution in [0, 0.1) is 5.92 Å². The van der Waals surface area contributed by atoms with E-state index in [2.05, 4.69) is 15.8 Å². The van der Waals surface area contributed by atoms with E-state index in [0.717, 1.165) is 11.1 Å². The lowest BCUT2D eigenvalue weighted by Gasteiger charge is -2.22. The fourth-order valence-electron chi connectivity index (χ4n) is 3.43. The van der Waals surface area contributed by atoms with Crippen molar-refractivity contribution in [3.05, 3.63) is 71.8 Å². The molecule has 8 nitrogen and oxygen atoms in total. The Bertz CT molecular complexity index is 874. The van der Waals surface area contributed by atoms with Crippen LogP contribution in [0.1, 0.15) is 36.8 Å². The van der Waals surface area contributed by atoms with E-state index in [-0.39, 0.29) is 37.3 Å². The van der Waals surface area contributed by atoms with Gasteiger partial charge in [-0.25, -0.2) is 0 Å². The van der Waals surface area contributed by atoms with Crippen LogP contribution in [0.5, 0.6) is 0 Å². The van der Waals surface area contributed by atoms with E-state index < -0.39 is 12.0 Å². The van der Waals surface area contributed by atoms with Gasteiger partial charge in [0.15, 0.2) is 0 Å². The van der Waals surface area contributed by atoms with Gasteiger partial charge in [0.1, 0.15) is 12.6 Å². The van der Waals surface area contributed by atoms with Gasteiger partial charge in [-0.15, -0.1) is 0 Å². The number of carbonyl (C=O) groups is 2. The van der Waals surface area contributed by atoms with E-state index in [4.69, 9.17) is 9.84 Å². The monoisotopic (exact) mass is 455 g/mol. The molecule has 0 saturated carbocycles. The molecule has 0 fully saturated rings. The molecule has 2 amide bonds. The van der Waals surface area contributed by atoms with Gasteiger partial charge < -0.3 is 25.7 Å². The number of nitrogens with zero attached hydrogens (tertiary/aromatic N) is 1. The number of likely N-dealkylation sites (N-methyl/N-ethyl adjacent to an activating group) is 1. The maximum atomic E-state index is 13.1. The molecule has 8 heteroatoms. The highest BCUT2D eigenvalue weighted by molar-refractivity contribution is 5.90. The average molecular weight is 456 g/mol. The number of amides is 2. The first-order valence-corrected chi connectivity index (χ1v) is 11.1. The number of hydrogen-bond acceptors (Lipinski definition) is 6. The molecule has 0 aliphatic rings. The highest BCUT2D eigenvalue weighted by Crippen LogP contribution is 2.17. The van der Waals surface area contributed by atoms with Crippen molar-refractivity contribution in [3.63, 3.8) is 0 Å². The summed E-state index contributed by atoms with van der Waals surface area (Å²) in [6, 6.07) is 18.1. The van der Waals surface area contributed by atoms with Crippen molar-refractivity contribution in [3.8, 4) is 0 Å². The SMILES string of the molecule is CNC(=O)[C@H](Cc1ccccc1)NC(=O)[C@H](CCCCO)C/C(=N\O)OCc1ccccc1. The summed E-state index contributed by atoms with van der Waals surface area (Å²) in [5.74, 6) is -1.16. The van der Waals surface area contributed by atoms with Gasteiger partial charge in [-0.1, -0.05) is 72.2 Å². The van der Waals surface area contributed by atoms with Gasteiger partial charge in [-0.05, 0) is 24.0 Å². The molecule has 0 spiro atoms. The van der Waals surface area contributed by atoms with Crippen molar-refractivity contribution < 1.29 is 24.6 Å². The molecular formula is C25H33N3O5. The first-order valence-electron chi connectivity index (χ1n) is 11.1. The Kier molecular flexibility index (Phi) is 11.5. The number of unbranched alkanes of at least 4 members (excludes halogenated alkanes) is 1. The summed E-state index contributed by atoms with van der Waals surface area (Å²) in [5.41, 5.74) is 1.83. The zero-order valence-electron chi connectivity index (χ0n) is 18.9. The summed E-state index contributed by atoms with van der Waals surface area (Å²) in [5, 5.41) is 27.2. The zero-order valence-corrected chi connectivity index (χ0v) is 18.9. The third-order valence-corrected chi connectivity index (χ3v) is 5.27. The van der Waals surface area contributed by atoms with Crippen LogP contribution in [0.3, 0.4) is 0 Å². The standard InChI is InChI=1S/C25H33N3O5/c1-26-25(31)22(16-19-10-4-2-5-11-19)27-24(30)21(14-8-9-15-29)17-23(28-32)33-18-20-12-6-3-7-13-20/h2-7,10-13,21-22,29,32H,8-9,14-18H2,1H3,(H,26,31)(H,27,30)/b28-23+/t21-,22+/m1/s1. The lowest BCUT2D eigenvalue weighted by atomic mass is 9.96. The summed E-state index contributed by atoms with van der Waals surface area (Å²) in [7, 11) is 1.53. The van der Waals surface area contributed by atoms with Crippen LogP contribution in [-0.2, 0) is 27.4 Å². The van der Waals surface area contributed by atoms with Crippen LogP contribution in [0.25, 0.3) is 0 Å². The number of ether oxygens (including phenoxy) is 1. The summed E-state index contributed by atoms with van der Waals surface area (Å²) >= 11 is 0. The molecule has 33 heavy (non-hydrogen) atoms. The summed E-state index contributed by atoms with van der Waals surface area (Å²) in [6.45, 7) is 0.231.